The van der Waals surface area contributed by atoms with Gasteiger partial charge in [-0.05, 0) is 18.1 Å². The van der Waals surface area contributed by atoms with Crippen LogP contribution in [0.15, 0.2) is 24.3 Å². The molecule has 1 nitrogen and oxygen atoms in total. The van der Waals surface area contributed by atoms with E-state index in [1.54, 1.807) is 0 Å². The molecule has 2 heteroatoms. The molecule has 0 radical (unpaired) electrons. The van der Waals surface area contributed by atoms with E-state index in [0.717, 1.165) is 0 Å². The molecule has 1 aliphatic heterocycles. The molecule has 0 atom stereocenters. The number of hydrogen-bond acceptors (Lipinski definition) is 1. The molecule has 0 spiro atoms. The summed E-state index contributed by atoms with van der Waals surface area (Å²) in [5, 5.41) is 0. The molecule has 0 aromatic heterocycles. The highest BCUT2D eigenvalue weighted by Crippen LogP contribution is 2.24. The van der Waals surface area contributed by atoms with Crippen molar-refractivity contribution in [1.29, 1.82) is 0 Å². The van der Waals surface area contributed by atoms with Gasteiger partial charge in [-0.25, -0.2) is 0 Å². The first-order valence-corrected chi connectivity index (χ1v) is 3.67. The Morgan fingerprint density at radius 1 is 1.30 bits per heavy atom. The number of anilines is 1. The van der Waals surface area contributed by atoms with Gasteiger partial charge in [-0.1, -0.05) is 18.2 Å². The molecule has 2 rings (SSSR count). The summed E-state index contributed by atoms with van der Waals surface area (Å²) in [6.45, 7) is 1.18. The van der Waals surface area contributed by atoms with E-state index in [4.69, 9.17) is 0 Å². The number of hydrogen-bond donors (Lipinski definition) is 0. The SMILES string of the molecule is BN1CCc2ccccc21. The first-order valence-electron chi connectivity index (χ1n) is 3.67. The predicted molar refractivity (Wildman–Crippen MR) is 46.0 cm³/mol. The minimum absolute atomic E-state index is 1.18. The van der Waals surface area contributed by atoms with Gasteiger partial charge >= 0.3 is 0 Å². The second-order valence-corrected chi connectivity index (χ2v) is 2.80. The number of rotatable bonds is 0. The fourth-order valence-electron chi connectivity index (χ4n) is 1.50. The van der Waals surface area contributed by atoms with Gasteiger partial charge < -0.3 is 4.81 Å². The van der Waals surface area contributed by atoms with Crippen molar-refractivity contribution in [2.45, 2.75) is 6.42 Å². The summed E-state index contributed by atoms with van der Waals surface area (Å²) >= 11 is 0. The van der Waals surface area contributed by atoms with Crippen LogP contribution in [0.4, 0.5) is 5.69 Å². The average molecular weight is 131 g/mol. The van der Waals surface area contributed by atoms with Crippen molar-refractivity contribution in [3.05, 3.63) is 29.8 Å². The van der Waals surface area contributed by atoms with Crippen molar-refractivity contribution in [3.8, 4) is 0 Å². The molecule has 50 valence electrons. The second kappa shape index (κ2) is 2.05. The summed E-state index contributed by atoms with van der Waals surface area (Å²) in [6.07, 6.45) is 1.21. The zero-order valence-corrected chi connectivity index (χ0v) is 6.17. The van der Waals surface area contributed by atoms with Crippen LogP contribution in [0.5, 0.6) is 0 Å². The molecular weight excluding hydrogens is 121 g/mol. The summed E-state index contributed by atoms with van der Waals surface area (Å²) in [5.74, 6) is 0. The lowest BCUT2D eigenvalue weighted by molar-refractivity contribution is 1.05. The van der Waals surface area contributed by atoms with Crippen LogP contribution in [0.2, 0.25) is 0 Å². The second-order valence-electron chi connectivity index (χ2n) is 2.80. The Morgan fingerprint density at radius 2 is 2.10 bits per heavy atom. The Morgan fingerprint density at radius 3 is 2.90 bits per heavy atom. The molecule has 1 heterocycles. The molecule has 0 N–H and O–H groups in total. The summed E-state index contributed by atoms with van der Waals surface area (Å²) in [6, 6.07) is 8.60. The van der Waals surface area contributed by atoms with E-state index in [1.165, 1.54) is 24.2 Å². The summed E-state index contributed by atoms with van der Waals surface area (Å²) in [7, 11) is 2.14. The van der Waals surface area contributed by atoms with Crippen molar-refractivity contribution < 1.29 is 0 Å². The lowest BCUT2D eigenvalue weighted by atomic mass is 10.2. The fourth-order valence-corrected chi connectivity index (χ4v) is 1.50. The van der Waals surface area contributed by atoms with Crippen LogP contribution in [0.3, 0.4) is 0 Å². The highest BCUT2D eigenvalue weighted by atomic mass is 15.1. The third-order valence-electron chi connectivity index (χ3n) is 2.12. The molecule has 10 heavy (non-hydrogen) atoms. The van der Waals surface area contributed by atoms with Gasteiger partial charge in [0.2, 0.25) is 7.98 Å². The van der Waals surface area contributed by atoms with Gasteiger partial charge in [-0.3, -0.25) is 0 Å². The van der Waals surface area contributed by atoms with Gasteiger partial charge in [0.25, 0.3) is 0 Å². The van der Waals surface area contributed by atoms with E-state index >= 15 is 0 Å². The lowest BCUT2D eigenvalue weighted by Crippen LogP contribution is -2.14. The molecule has 0 bridgehead atoms. The van der Waals surface area contributed by atoms with Crippen molar-refractivity contribution in [2.24, 2.45) is 0 Å². The zero-order chi connectivity index (χ0) is 6.97. The Hall–Kier alpha value is -0.915. The number of nitrogens with zero attached hydrogens (tertiary/aromatic N) is 1. The molecule has 1 aromatic rings. The standard InChI is InChI=1S/C8H10BN/c9-10-6-5-7-3-1-2-4-8(7)10/h1-4H,5-6,9H2. The smallest absolute Gasteiger partial charge is 0.217 e. The van der Waals surface area contributed by atoms with Crippen LogP contribution in [0, 0.1) is 0 Å². The van der Waals surface area contributed by atoms with Gasteiger partial charge in [0.1, 0.15) is 0 Å². The van der Waals surface area contributed by atoms with Gasteiger partial charge in [-0.15, -0.1) is 0 Å². The lowest BCUT2D eigenvalue weighted by Gasteiger charge is -2.10. The molecule has 1 aromatic carbocycles. The van der Waals surface area contributed by atoms with E-state index in [2.05, 4.69) is 37.1 Å². The molecule has 0 saturated heterocycles. The van der Waals surface area contributed by atoms with Crippen LogP contribution in [0.1, 0.15) is 5.56 Å². The quantitative estimate of drug-likeness (QED) is 0.466. The van der Waals surface area contributed by atoms with E-state index < -0.39 is 0 Å². The van der Waals surface area contributed by atoms with Crippen LogP contribution in [-0.2, 0) is 6.42 Å². The van der Waals surface area contributed by atoms with Crippen molar-refractivity contribution in [3.63, 3.8) is 0 Å². The van der Waals surface area contributed by atoms with Gasteiger partial charge in [0, 0.05) is 12.2 Å². The first-order chi connectivity index (χ1) is 4.88. The molecular formula is C8H10BN. The Balaban J connectivity index is 2.51. The molecule has 0 aliphatic carbocycles. The number of benzene rings is 1. The van der Waals surface area contributed by atoms with Crippen molar-refractivity contribution in [2.75, 3.05) is 11.4 Å². The normalized spacial score (nSPS) is 15.4. The summed E-state index contributed by atoms with van der Waals surface area (Å²) in [4.78, 5) is 2.30. The maximum atomic E-state index is 2.30. The maximum Gasteiger partial charge on any atom is 0.217 e. The van der Waals surface area contributed by atoms with Crippen LogP contribution in [0.25, 0.3) is 0 Å². The highest BCUT2D eigenvalue weighted by molar-refractivity contribution is 6.18. The average Bonchev–Trinajstić information content (AvgIpc) is 2.34. The third-order valence-corrected chi connectivity index (χ3v) is 2.12. The molecule has 0 fully saturated rings. The molecule has 1 aliphatic rings. The Kier molecular flexibility index (Phi) is 1.19. The molecule has 0 saturated carbocycles. The fraction of sp³-hybridized carbons (Fsp3) is 0.250. The maximum absolute atomic E-state index is 2.30. The van der Waals surface area contributed by atoms with Crippen LogP contribution in [-0.4, -0.2) is 14.5 Å². The third kappa shape index (κ3) is 0.720. The zero-order valence-electron chi connectivity index (χ0n) is 6.17. The Bertz CT molecular complexity index is 247. The number of fused-ring (bicyclic) bond motifs is 1. The van der Waals surface area contributed by atoms with E-state index in [0.29, 0.717) is 0 Å². The van der Waals surface area contributed by atoms with Gasteiger partial charge in [-0.2, -0.15) is 0 Å². The van der Waals surface area contributed by atoms with E-state index in [-0.39, 0.29) is 0 Å². The monoisotopic (exact) mass is 131 g/mol. The first kappa shape index (κ1) is 5.84. The minimum atomic E-state index is 1.18. The van der Waals surface area contributed by atoms with Crippen LogP contribution >= 0.6 is 0 Å². The van der Waals surface area contributed by atoms with Gasteiger partial charge in [0.05, 0.1) is 0 Å². The van der Waals surface area contributed by atoms with Crippen LogP contribution < -0.4 is 4.81 Å². The summed E-state index contributed by atoms with van der Waals surface area (Å²) < 4.78 is 0. The predicted octanol–water partition coefficient (Wildman–Crippen LogP) is 0.597. The Labute approximate surface area is 62.1 Å². The van der Waals surface area contributed by atoms with Gasteiger partial charge in [0.15, 0.2) is 0 Å². The minimum Gasteiger partial charge on any atom is -0.421 e. The molecule has 0 unspecified atom stereocenters. The summed E-state index contributed by atoms with van der Waals surface area (Å²) in [5.41, 5.74) is 2.90. The highest BCUT2D eigenvalue weighted by Gasteiger charge is 2.12. The van der Waals surface area contributed by atoms with E-state index in [1.807, 2.05) is 0 Å². The topological polar surface area (TPSA) is 3.24 Å². The number of para-hydroxylation sites is 1. The molecule has 0 amide bonds. The van der Waals surface area contributed by atoms with Crippen molar-refractivity contribution >= 4 is 13.7 Å². The van der Waals surface area contributed by atoms with E-state index in [9.17, 15) is 0 Å². The largest absolute Gasteiger partial charge is 0.421 e. The van der Waals surface area contributed by atoms with Crippen molar-refractivity contribution in [1.82, 2.24) is 0 Å².